The molecular weight excluding hydrogens is 665 g/mol. The summed E-state index contributed by atoms with van der Waals surface area (Å²) in [7, 11) is 0. The molecule has 11 heteroatoms. The van der Waals surface area contributed by atoms with E-state index < -0.39 is 23.5 Å². The molecule has 0 atom stereocenters. The van der Waals surface area contributed by atoms with Crippen molar-refractivity contribution in [2.75, 3.05) is 0 Å². The van der Waals surface area contributed by atoms with E-state index in [-0.39, 0.29) is 44.4 Å². The molecule has 2 aliphatic rings. The number of esters is 3. The fraction of sp³-hybridized carbons (Fsp3) is 0.0789. The van der Waals surface area contributed by atoms with Crippen LogP contribution in [-0.4, -0.2) is 28.1 Å². The Bertz CT molecular complexity index is 2100. The molecule has 0 saturated carbocycles. The van der Waals surface area contributed by atoms with Crippen LogP contribution in [0.15, 0.2) is 119 Å². The third-order valence-corrected chi connectivity index (χ3v) is 9.53. The van der Waals surface area contributed by atoms with Gasteiger partial charge >= 0.3 is 17.9 Å². The number of thioether (sulfide) groups is 2. The highest BCUT2D eigenvalue weighted by Gasteiger charge is 2.53. The van der Waals surface area contributed by atoms with E-state index in [0.29, 0.717) is 32.0 Å². The van der Waals surface area contributed by atoms with Gasteiger partial charge in [-0.05, 0) is 54.6 Å². The molecule has 0 aromatic heterocycles. The third-order valence-electron chi connectivity index (χ3n) is 7.80. The quantitative estimate of drug-likeness (QED) is 0.0981. The number of carbonyl (C=O) groups is 5. The van der Waals surface area contributed by atoms with Gasteiger partial charge in [0.25, 0.3) is 0 Å². The summed E-state index contributed by atoms with van der Waals surface area (Å²) < 4.78 is 24.0. The maximum absolute atomic E-state index is 13.3. The number of carbonyl (C=O) groups excluding carboxylic acids is 5. The van der Waals surface area contributed by atoms with Crippen LogP contribution >= 0.6 is 23.5 Å². The molecule has 1 spiro atoms. The number of rotatable bonds is 6. The summed E-state index contributed by atoms with van der Waals surface area (Å²) in [5, 5.41) is -0.357. The standard InChI is InChI=1S/C38H24O9S2/c1-21(39)48-33-13-7-4-10-26(33)35(41)44-23-15-17-29-31(19-23)46-32-20-24(45-36(42)27-11-5-8-14-34(27)49-22(2)40)16-18-30(32)38(29)28-12-6-3-9-25(28)37(43)47-38/h3-20H,1-2H3. The second-order valence-corrected chi connectivity index (χ2v) is 13.4. The van der Waals surface area contributed by atoms with E-state index in [1.165, 1.54) is 26.0 Å². The van der Waals surface area contributed by atoms with Crippen molar-refractivity contribution in [1.82, 2.24) is 0 Å². The predicted octanol–water partition coefficient (Wildman–Crippen LogP) is 7.97. The Kier molecular flexibility index (Phi) is 8.31. The SMILES string of the molecule is CC(=O)Sc1ccccc1C(=O)Oc1ccc2c(c1)Oc1cc(OC(=O)c3ccccc3SC(C)=O)ccc1C21OC(=O)c2ccccc21. The van der Waals surface area contributed by atoms with Gasteiger partial charge in [-0.2, -0.15) is 0 Å². The van der Waals surface area contributed by atoms with Gasteiger partial charge in [-0.1, -0.05) is 66.0 Å². The molecule has 0 amide bonds. The summed E-state index contributed by atoms with van der Waals surface area (Å²) in [5.74, 6) is -1.12. The lowest BCUT2D eigenvalue weighted by atomic mass is 9.77. The van der Waals surface area contributed by atoms with Crippen LogP contribution < -0.4 is 14.2 Å². The van der Waals surface area contributed by atoms with Crippen molar-refractivity contribution in [3.63, 3.8) is 0 Å². The van der Waals surface area contributed by atoms with Crippen LogP contribution in [0, 0.1) is 0 Å². The number of fused-ring (bicyclic) bond motifs is 6. The first kappa shape index (κ1) is 31.9. The van der Waals surface area contributed by atoms with Crippen LogP contribution in [0.25, 0.3) is 0 Å². The first-order valence-corrected chi connectivity index (χ1v) is 16.6. The molecule has 2 aliphatic heterocycles. The van der Waals surface area contributed by atoms with Gasteiger partial charge in [0.15, 0.2) is 15.8 Å². The van der Waals surface area contributed by atoms with Gasteiger partial charge in [-0.15, -0.1) is 0 Å². The molecule has 5 aromatic carbocycles. The molecule has 5 aromatic rings. The maximum Gasteiger partial charge on any atom is 0.344 e. The zero-order valence-corrected chi connectivity index (χ0v) is 27.5. The van der Waals surface area contributed by atoms with Crippen LogP contribution in [0.5, 0.6) is 23.0 Å². The van der Waals surface area contributed by atoms with Crippen LogP contribution in [0.4, 0.5) is 0 Å². The fourth-order valence-electron chi connectivity index (χ4n) is 5.85. The molecule has 0 unspecified atom stereocenters. The van der Waals surface area contributed by atoms with Crippen molar-refractivity contribution in [3.05, 3.63) is 143 Å². The lowest BCUT2D eigenvalue weighted by Crippen LogP contribution is -2.33. The second kappa shape index (κ2) is 12.8. The second-order valence-electron chi connectivity index (χ2n) is 11.0. The molecule has 9 nitrogen and oxygen atoms in total. The minimum Gasteiger partial charge on any atom is -0.456 e. The normalized spacial score (nSPS) is 13.3. The molecule has 0 radical (unpaired) electrons. The van der Waals surface area contributed by atoms with Gasteiger partial charge < -0.3 is 18.9 Å². The number of hydrogen-bond acceptors (Lipinski definition) is 11. The van der Waals surface area contributed by atoms with Gasteiger partial charge in [-0.3, -0.25) is 9.59 Å². The zero-order valence-electron chi connectivity index (χ0n) is 25.9. The van der Waals surface area contributed by atoms with Gasteiger partial charge in [0.2, 0.25) is 0 Å². The van der Waals surface area contributed by atoms with E-state index in [2.05, 4.69) is 0 Å². The molecular formula is C38H24O9S2. The minimum absolute atomic E-state index is 0.143. The molecule has 7 rings (SSSR count). The van der Waals surface area contributed by atoms with Gasteiger partial charge in [0.1, 0.15) is 23.0 Å². The van der Waals surface area contributed by atoms with Crippen molar-refractivity contribution in [3.8, 4) is 23.0 Å². The van der Waals surface area contributed by atoms with Crippen LogP contribution in [0.1, 0.15) is 61.6 Å². The van der Waals surface area contributed by atoms with Crippen LogP contribution in [0.3, 0.4) is 0 Å². The van der Waals surface area contributed by atoms with E-state index in [0.717, 1.165) is 23.5 Å². The van der Waals surface area contributed by atoms with E-state index in [4.69, 9.17) is 18.9 Å². The molecule has 0 fully saturated rings. The number of ether oxygens (including phenoxy) is 4. The molecule has 0 saturated heterocycles. The molecule has 0 bridgehead atoms. The van der Waals surface area contributed by atoms with E-state index >= 15 is 0 Å². The summed E-state index contributed by atoms with van der Waals surface area (Å²) in [4.78, 5) is 64.2. The van der Waals surface area contributed by atoms with Crippen molar-refractivity contribution in [2.24, 2.45) is 0 Å². The van der Waals surface area contributed by atoms with E-state index in [1.807, 2.05) is 0 Å². The Labute approximate surface area is 288 Å². The zero-order chi connectivity index (χ0) is 34.3. The summed E-state index contributed by atoms with van der Waals surface area (Å²) in [6, 6.07) is 29.8. The predicted molar refractivity (Wildman–Crippen MR) is 181 cm³/mol. The highest BCUT2D eigenvalue weighted by molar-refractivity contribution is 8.13. The molecule has 0 N–H and O–H groups in total. The first-order valence-electron chi connectivity index (χ1n) is 14.9. The van der Waals surface area contributed by atoms with Crippen molar-refractivity contribution in [2.45, 2.75) is 29.2 Å². The molecule has 0 aliphatic carbocycles. The van der Waals surface area contributed by atoms with Crippen LogP contribution in [-0.2, 0) is 19.9 Å². The summed E-state index contributed by atoms with van der Waals surface area (Å²) in [5.41, 5.74) is 0.971. The topological polar surface area (TPSA) is 122 Å². The van der Waals surface area contributed by atoms with Crippen molar-refractivity contribution in [1.29, 1.82) is 0 Å². The Hall–Kier alpha value is -5.65. The monoisotopic (exact) mass is 688 g/mol. The van der Waals surface area contributed by atoms with Gasteiger partial charge in [-0.25, -0.2) is 14.4 Å². The molecule has 242 valence electrons. The molecule has 2 heterocycles. The van der Waals surface area contributed by atoms with E-state index in [1.54, 1.807) is 97.1 Å². The molecule has 49 heavy (non-hydrogen) atoms. The average molecular weight is 689 g/mol. The van der Waals surface area contributed by atoms with Crippen molar-refractivity contribution >= 4 is 51.7 Å². The van der Waals surface area contributed by atoms with Gasteiger partial charge in [0, 0.05) is 52.5 Å². The average Bonchev–Trinajstić information content (AvgIpc) is 3.36. The number of hydrogen-bond donors (Lipinski definition) is 0. The highest BCUT2D eigenvalue weighted by Crippen LogP contribution is 2.57. The summed E-state index contributed by atoms with van der Waals surface area (Å²) in [6.45, 7) is 2.82. The van der Waals surface area contributed by atoms with E-state index in [9.17, 15) is 24.0 Å². The Balaban J connectivity index is 1.27. The highest BCUT2D eigenvalue weighted by atomic mass is 32.2. The lowest BCUT2D eigenvalue weighted by Gasteiger charge is -2.36. The number of benzene rings is 5. The first-order chi connectivity index (χ1) is 23.6. The minimum atomic E-state index is -1.42. The fourth-order valence-corrected chi connectivity index (χ4v) is 7.28. The maximum atomic E-state index is 13.3. The van der Waals surface area contributed by atoms with Gasteiger partial charge in [0.05, 0.1) is 16.7 Å². The Morgan fingerprint density at radius 3 is 1.57 bits per heavy atom. The summed E-state index contributed by atoms with van der Waals surface area (Å²) >= 11 is 1.86. The third kappa shape index (κ3) is 5.87. The Morgan fingerprint density at radius 2 is 1.06 bits per heavy atom. The smallest absolute Gasteiger partial charge is 0.344 e. The van der Waals surface area contributed by atoms with Crippen LogP contribution in [0.2, 0.25) is 0 Å². The summed E-state index contributed by atoms with van der Waals surface area (Å²) in [6.07, 6.45) is 0. The van der Waals surface area contributed by atoms with Crippen molar-refractivity contribution < 1.29 is 42.9 Å². The lowest BCUT2D eigenvalue weighted by molar-refractivity contribution is -0.109. The Morgan fingerprint density at radius 1 is 0.592 bits per heavy atom. The largest absolute Gasteiger partial charge is 0.456 e.